The second-order valence-corrected chi connectivity index (χ2v) is 7.28. The Kier molecular flexibility index (Phi) is 5.12. The standard InChI is InChI=1S/C22H22N4O3/c1-14-23-21(29-25-14)20-13-26(12-19(20)16-7-4-3-5-8-16)22(28)17-9-6-10-18(11-17)24-15(2)27/h3-11,19-20H,12-13H2,1-2H3,(H,24,27)/t19-,20-/m1/s1. The summed E-state index contributed by atoms with van der Waals surface area (Å²) in [4.78, 5) is 30.7. The SMILES string of the molecule is CC(=O)Nc1cccc(C(=O)N2C[C@H](c3ccccc3)[C@H](c3nc(C)no3)C2)c1. The molecule has 1 saturated heterocycles. The molecule has 2 aromatic carbocycles. The van der Waals surface area contributed by atoms with Gasteiger partial charge in [-0.1, -0.05) is 41.6 Å². The summed E-state index contributed by atoms with van der Waals surface area (Å²) in [7, 11) is 0. The van der Waals surface area contributed by atoms with Crippen LogP contribution >= 0.6 is 0 Å². The lowest BCUT2D eigenvalue weighted by Crippen LogP contribution is -2.29. The zero-order chi connectivity index (χ0) is 20.4. The van der Waals surface area contributed by atoms with Crippen molar-refractivity contribution in [2.24, 2.45) is 0 Å². The summed E-state index contributed by atoms with van der Waals surface area (Å²) in [6.45, 7) is 4.27. The summed E-state index contributed by atoms with van der Waals surface area (Å²) >= 11 is 0. The Hall–Kier alpha value is -3.48. The Balaban J connectivity index is 1.62. The third kappa shape index (κ3) is 4.03. The van der Waals surface area contributed by atoms with Crippen molar-refractivity contribution >= 4 is 17.5 Å². The molecule has 2 atom stereocenters. The number of anilines is 1. The van der Waals surface area contributed by atoms with Gasteiger partial charge in [-0.15, -0.1) is 0 Å². The van der Waals surface area contributed by atoms with Crippen LogP contribution in [0.3, 0.4) is 0 Å². The van der Waals surface area contributed by atoms with Crippen molar-refractivity contribution in [2.75, 3.05) is 18.4 Å². The molecule has 2 heterocycles. The second kappa shape index (κ2) is 7.87. The Morgan fingerprint density at radius 2 is 1.83 bits per heavy atom. The van der Waals surface area contributed by atoms with Crippen molar-refractivity contribution < 1.29 is 14.1 Å². The molecule has 7 heteroatoms. The van der Waals surface area contributed by atoms with E-state index in [4.69, 9.17) is 4.52 Å². The van der Waals surface area contributed by atoms with E-state index in [1.54, 1.807) is 31.2 Å². The fourth-order valence-electron chi connectivity index (χ4n) is 3.84. The van der Waals surface area contributed by atoms with Crippen molar-refractivity contribution in [3.63, 3.8) is 0 Å². The molecular weight excluding hydrogens is 368 g/mol. The summed E-state index contributed by atoms with van der Waals surface area (Å²) in [6.07, 6.45) is 0. The van der Waals surface area contributed by atoms with E-state index < -0.39 is 0 Å². The average Bonchev–Trinajstić information content (AvgIpc) is 3.34. The third-order valence-corrected chi connectivity index (χ3v) is 5.13. The van der Waals surface area contributed by atoms with E-state index in [-0.39, 0.29) is 23.7 Å². The van der Waals surface area contributed by atoms with E-state index in [2.05, 4.69) is 27.6 Å². The van der Waals surface area contributed by atoms with Gasteiger partial charge in [0.25, 0.3) is 5.91 Å². The molecule has 29 heavy (non-hydrogen) atoms. The monoisotopic (exact) mass is 390 g/mol. The number of nitrogens with one attached hydrogen (secondary N) is 1. The molecule has 2 amide bonds. The van der Waals surface area contributed by atoms with Gasteiger partial charge in [-0.3, -0.25) is 9.59 Å². The molecule has 0 bridgehead atoms. The molecule has 148 valence electrons. The maximum absolute atomic E-state index is 13.2. The predicted molar refractivity (Wildman–Crippen MR) is 108 cm³/mol. The van der Waals surface area contributed by atoms with Crippen molar-refractivity contribution in [2.45, 2.75) is 25.7 Å². The van der Waals surface area contributed by atoms with Crippen LogP contribution in [-0.2, 0) is 4.79 Å². The summed E-state index contributed by atoms with van der Waals surface area (Å²) in [5, 5.41) is 6.65. The van der Waals surface area contributed by atoms with Gasteiger partial charge in [-0.25, -0.2) is 0 Å². The Morgan fingerprint density at radius 3 is 2.52 bits per heavy atom. The van der Waals surface area contributed by atoms with E-state index in [1.807, 2.05) is 23.1 Å². The largest absolute Gasteiger partial charge is 0.339 e. The van der Waals surface area contributed by atoms with Gasteiger partial charge in [0.1, 0.15) is 0 Å². The van der Waals surface area contributed by atoms with Crippen LogP contribution in [-0.4, -0.2) is 39.9 Å². The van der Waals surface area contributed by atoms with Crippen LogP contribution in [0.1, 0.15) is 46.4 Å². The molecule has 7 nitrogen and oxygen atoms in total. The highest BCUT2D eigenvalue weighted by Gasteiger charge is 2.40. The van der Waals surface area contributed by atoms with E-state index in [9.17, 15) is 9.59 Å². The molecule has 1 aromatic heterocycles. The van der Waals surface area contributed by atoms with Crippen molar-refractivity contribution in [3.8, 4) is 0 Å². The fourth-order valence-corrected chi connectivity index (χ4v) is 3.84. The van der Waals surface area contributed by atoms with Crippen LogP contribution in [0, 0.1) is 6.92 Å². The fraction of sp³-hybridized carbons (Fsp3) is 0.273. The molecule has 1 aliphatic rings. The molecule has 1 N–H and O–H groups in total. The van der Waals surface area contributed by atoms with Gasteiger partial charge in [-0.2, -0.15) is 4.98 Å². The number of carbonyl (C=O) groups is 2. The minimum absolute atomic E-state index is 0.0681. The Labute approximate surface area is 168 Å². The van der Waals surface area contributed by atoms with Gasteiger partial charge < -0.3 is 14.7 Å². The lowest BCUT2D eigenvalue weighted by atomic mass is 9.89. The second-order valence-electron chi connectivity index (χ2n) is 7.28. The zero-order valence-electron chi connectivity index (χ0n) is 16.3. The van der Waals surface area contributed by atoms with Crippen LogP contribution < -0.4 is 5.32 Å². The van der Waals surface area contributed by atoms with Crippen molar-refractivity contribution in [3.05, 3.63) is 77.4 Å². The molecule has 0 spiro atoms. The predicted octanol–water partition coefficient (Wildman–Crippen LogP) is 3.36. The van der Waals surface area contributed by atoms with E-state index in [0.717, 1.165) is 5.56 Å². The first-order chi connectivity index (χ1) is 14.0. The van der Waals surface area contributed by atoms with Gasteiger partial charge in [-0.05, 0) is 30.7 Å². The van der Waals surface area contributed by atoms with E-state index in [1.165, 1.54) is 6.92 Å². The number of hydrogen-bond donors (Lipinski definition) is 1. The minimum atomic E-state index is -0.174. The summed E-state index contributed by atoms with van der Waals surface area (Å²) < 4.78 is 5.45. The van der Waals surface area contributed by atoms with Crippen LogP contribution in [0.25, 0.3) is 0 Å². The highest BCUT2D eigenvalue weighted by molar-refractivity contribution is 5.97. The number of carbonyl (C=O) groups excluding carboxylic acids is 2. The molecule has 0 aliphatic carbocycles. The molecule has 0 saturated carbocycles. The average molecular weight is 390 g/mol. The number of benzene rings is 2. The van der Waals surface area contributed by atoms with Gasteiger partial charge in [0, 0.05) is 37.2 Å². The first-order valence-corrected chi connectivity index (χ1v) is 9.53. The number of rotatable bonds is 4. The number of nitrogens with zero attached hydrogens (tertiary/aromatic N) is 3. The maximum Gasteiger partial charge on any atom is 0.253 e. The maximum atomic E-state index is 13.2. The number of hydrogen-bond acceptors (Lipinski definition) is 5. The molecule has 3 aromatic rings. The number of likely N-dealkylation sites (tertiary alicyclic amines) is 1. The van der Waals surface area contributed by atoms with Crippen molar-refractivity contribution in [1.29, 1.82) is 0 Å². The van der Waals surface area contributed by atoms with Gasteiger partial charge >= 0.3 is 0 Å². The van der Waals surface area contributed by atoms with Crippen LogP contribution in [0.5, 0.6) is 0 Å². The molecule has 1 aliphatic heterocycles. The van der Waals surface area contributed by atoms with Gasteiger partial charge in [0.15, 0.2) is 5.82 Å². The molecular formula is C22H22N4O3. The molecule has 4 rings (SSSR count). The number of aryl methyl sites for hydroxylation is 1. The molecule has 1 fully saturated rings. The van der Waals surface area contributed by atoms with Crippen LogP contribution in [0.15, 0.2) is 59.1 Å². The molecule has 0 radical (unpaired) electrons. The lowest BCUT2D eigenvalue weighted by molar-refractivity contribution is -0.114. The Morgan fingerprint density at radius 1 is 1.07 bits per heavy atom. The quantitative estimate of drug-likeness (QED) is 0.738. The van der Waals surface area contributed by atoms with Gasteiger partial charge in [0.2, 0.25) is 11.8 Å². The highest BCUT2D eigenvalue weighted by Crippen LogP contribution is 2.39. The lowest BCUT2D eigenvalue weighted by Gasteiger charge is -2.17. The third-order valence-electron chi connectivity index (χ3n) is 5.13. The Bertz CT molecular complexity index is 1030. The smallest absolute Gasteiger partial charge is 0.253 e. The summed E-state index contributed by atoms with van der Waals surface area (Å²) in [5.41, 5.74) is 2.27. The zero-order valence-corrected chi connectivity index (χ0v) is 16.3. The molecule has 0 unspecified atom stereocenters. The van der Waals surface area contributed by atoms with E-state index in [0.29, 0.717) is 36.1 Å². The number of aromatic nitrogens is 2. The first kappa shape index (κ1) is 18.9. The minimum Gasteiger partial charge on any atom is -0.339 e. The summed E-state index contributed by atoms with van der Waals surface area (Å²) in [6, 6.07) is 17.1. The highest BCUT2D eigenvalue weighted by atomic mass is 16.5. The first-order valence-electron chi connectivity index (χ1n) is 9.53. The van der Waals surface area contributed by atoms with Gasteiger partial charge in [0.05, 0.1) is 5.92 Å². The normalized spacial score (nSPS) is 18.6. The van der Waals surface area contributed by atoms with Crippen LogP contribution in [0.4, 0.5) is 5.69 Å². The van der Waals surface area contributed by atoms with Crippen molar-refractivity contribution in [1.82, 2.24) is 15.0 Å². The topological polar surface area (TPSA) is 88.3 Å². The van der Waals surface area contributed by atoms with E-state index >= 15 is 0 Å². The van der Waals surface area contributed by atoms with Crippen LogP contribution in [0.2, 0.25) is 0 Å². The summed E-state index contributed by atoms with van der Waals surface area (Å²) in [5.74, 6) is 0.876. The number of amides is 2.